The third-order valence-corrected chi connectivity index (χ3v) is 5.64. The third kappa shape index (κ3) is 4.85. The molecule has 6 nitrogen and oxygen atoms in total. The lowest BCUT2D eigenvalue weighted by molar-refractivity contribution is 0.102. The molecule has 150 valence electrons. The Kier molecular flexibility index (Phi) is 6.05. The Labute approximate surface area is 172 Å². The van der Waals surface area contributed by atoms with Crippen molar-refractivity contribution in [3.8, 4) is 5.75 Å². The molecular weight excluding hydrogens is 419 g/mol. The van der Waals surface area contributed by atoms with Crippen molar-refractivity contribution in [3.05, 3.63) is 83.1 Å². The van der Waals surface area contributed by atoms with Crippen LogP contribution in [0.5, 0.6) is 5.75 Å². The molecule has 0 heterocycles. The molecule has 0 fully saturated rings. The van der Waals surface area contributed by atoms with Crippen LogP contribution in [-0.4, -0.2) is 21.4 Å². The first-order chi connectivity index (χ1) is 13.8. The number of benzene rings is 3. The van der Waals surface area contributed by atoms with Gasteiger partial charge >= 0.3 is 0 Å². The van der Waals surface area contributed by atoms with Crippen LogP contribution in [0.2, 0.25) is 5.02 Å². The SMILES string of the molecule is COc1ccc(S(=O)(=O)Nc2cccc(C(=O)Nc3cccc(Cl)c3F)c2)cc1. The van der Waals surface area contributed by atoms with Crippen molar-refractivity contribution >= 4 is 38.9 Å². The minimum absolute atomic E-state index is 0.0363. The number of sulfonamides is 1. The second-order valence-corrected chi connectivity index (χ2v) is 8.01. The van der Waals surface area contributed by atoms with Gasteiger partial charge in [-0.1, -0.05) is 23.7 Å². The zero-order valence-electron chi connectivity index (χ0n) is 15.1. The molecule has 3 rings (SSSR count). The number of rotatable bonds is 6. The van der Waals surface area contributed by atoms with Gasteiger partial charge in [0.2, 0.25) is 0 Å². The van der Waals surface area contributed by atoms with E-state index >= 15 is 0 Å². The van der Waals surface area contributed by atoms with Gasteiger partial charge in [0.25, 0.3) is 15.9 Å². The average Bonchev–Trinajstić information content (AvgIpc) is 2.71. The van der Waals surface area contributed by atoms with Gasteiger partial charge in [-0.3, -0.25) is 9.52 Å². The summed E-state index contributed by atoms with van der Waals surface area (Å²) < 4.78 is 46.5. The molecule has 9 heteroatoms. The Hall–Kier alpha value is -3.10. The maximum Gasteiger partial charge on any atom is 0.261 e. The van der Waals surface area contributed by atoms with Crippen LogP contribution in [0.1, 0.15) is 10.4 Å². The van der Waals surface area contributed by atoms with E-state index in [0.29, 0.717) is 5.75 Å². The molecule has 0 aliphatic rings. The van der Waals surface area contributed by atoms with E-state index in [9.17, 15) is 17.6 Å². The molecule has 29 heavy (non-hydrogen) atoms. The first-order valence-electron chi connectivity index (χ1n) is 8.32. The largest absolute Gasteiger partial charge is 0.497 e. The number of methoxy groups -OCH3 is 1. The Morgan fingerprint density at radius 3 is 2.41 bits per heavy atom. The van der Waals surface area contributed by atoms with Gasteiger partial charge in [-0.05, 0) is 54.6 Å². The molecule has 0 radical (unpaired) electrons. The van der Waals surface area contributed by atoms with Crippen molar-refractivity contribution in [2.45, 2.75) is 4.90 Å². The fourth-order valence-electron chi connectivity index (χ4n) is 2.49. The molecular formula is C20H16ClFN2O4S. The number of carbonyl (C=O) groups is 1. The summed E-state index contributed by atoms with van der Waals surface area (Å²) in [6.07, 6.45) is 0. The van der Waals surface area contributed by atoms with E-state index in [0.717, 1.165) is 0 Å². The van der Waals surface area contributed by atoms with E-state index in [4.69, 9.17) is 16.3 Å². The second-order valence-electron chi connectivity index (χ2n) is 5.92. The Bertz CT molecular complexity index is 1150. The van der Waals surface area contributed by atoms with Gasteiger partial charge in [0, 0.05) is 11.3 Å². The monoisotopic (exact) mass is 434 g/mol. The fraction of sp³-hybridized carbons (Fsp3) is 0.0500. The number of halogens is 2. The minimum Gasteiger partial charge on any atom is -0.497 e. The zero-order valence-corrected chi connectivity index (χ0v) is 16.7. The smallest absolute Gasteiger partial charge is 0.261 e. The maximum absolute atomic E-state index is 14.0. The molecule has 0 aliphatic carbocycles. The maximum atomic E-state index is 14.0. The molecule has 0 atom stereocenters. The quantitative estimate of drug-likeness (QED) is 0.596. The highest BCUT2D eigenvalue weighted by Crippen LogP contribution is 2.24. The highest BCUT2D eigenvalue weighted by Gasteiger charge is 2.16. The highest BCUT2D eigenvalue weighted by atomic mass is 35.5. The number of nitrogens with one attached hydrogen (secondary N) is 2. The molecule has 0 saturated heterocycles. The van der Waals surface area contributed by atoms with Crippen LogP contribution in [0.15, 0.2) is 71.6 Å². The fourth-order valence-corrected chi connectivity index (χ4v) is 3.71. The van der Waals surface area contributed by atoms with Crippen molar-refractivity contribution in [3.63, 3.8) is 0 Å². The van der Waals surface area contributed by atoms with E-state index in [2.05, 4.69) is 10.0 Å². The summed E-state index contributed by atoms with van der Waals surface area (Å²) in [6.45, 7) is 0. The summed E-state index contributed by atoms with van der Waals surface area (Å²) >= 11 is 5.71. The lowest BCUT2D eigenvalue weighted by Gasteiger charge is -2.11. The van der Waals surface area contributed by atoms with Crippen LogP contribution in [-0.2, 0) is 10.0 Å². The molecule has 3 aromatic carbocycles. The Morgan fingerprint density at radius 1 is 1.03 bits per heavy atom. The number of hydrogen-bond acceptors (Lipinski definition) is 4. The number of anilines is 2. The third-order valence-electron chi connectivity index (χ3n) is 3.95. The lowest BCUT2D eigenvalue weighted by Crippen LogP contribution is -2.15. The van der Waals surface area contributed by atoms with Crippen molar-refractivity contribution < 1.29 is 22.3 Å². The van der Waals surface area contributed by atoms with Gasteiger partial charge in [-0.25, -0.2) is 12.8 Å². The van der Waals surface area contributed by atoms with Crippen LogP contribution < -0.4 is 14.8 Å². The lowest BCUT2D eigenvalue weighted by atomic mass is 10.2. The molecule has 0 saturated carbocycles. The van der Waals surface area contributed by atoms with E-state index in [1.165, 1.54) is 73.8 Å². The van der Waals surface area contributed by atoms with Crippen molar-refractivity contribution in [2.75, 3.05) is 17.1 Å². The summed E-state index contributed by atoms with van der Waals surface area (Å²) in [7, 11) is -2.39. The molecule has 1 amide bonds. The van der Waals surface area contributed by atoms with Gasteiger partial charge in [0.05, 0.1) is 22.7 Å². The molecule has 3 aromatic rings. The first-order valence-corrected chi connectivity index (χ1v) is 10.2. The average molecular weight is 435 g/mol. The predicted octanol–water partition coefficient (Wildman–Crippen LogP) is 4.54. The number of hydrogen-bond donors (Lipinski definition) is 2. The summed E-state index contributed by atoms with van der Waals surface area (Å²) in [4.78, 5) is 12.5. The van der Waals surface area contributed by atoms with Gasteiger partial charge in [-0.2, -0.15) is 0 Å². The molecule has 0 spiro atoms. The number of amides is 1. The summed E-state index contributed by atoms with van der Waals surface area (Å²) in [5.41, 5.74) is 0.242. The zero-order chi connectivity index (χ0) is 21.0. The molecule has 0 bridgehead atoms. The van der Waals surface area contributed by atoms with E-state index in [-0.39, 0.29) is 26.9 Å². The van der Waals surface area contributed by atoms with E-state index in [1.54, 1.807) is 0 Å². The van der Waals surface area contributed by atoms with Gasteiger partial charge in [0.1, 0.15) is 5.75 Å². The summed E-state index contributed by atoms with van der Waals surface area (Å²) in [5.74, 6) is -0.841. The van der Waals surface area contributed by atoms with Crippen LogP contribution in [0, 0.1) is 5.82 Å². The number of ether oxygens (including phenoxy) is 1. The van der Waals surface area contributed by atoms with E-state index in [1.807, 2.05) is 0 Å². The molecule has 2 N–H and O–H groups in total. The van der Waals surface area contributed by atoms with Crippen molar-refractivity contribution in [1.29, 1.82) is 0 Å². The van der Waals surface area contributed by atoms with Gasteiger partial charge < -0.3 is 10.1 Å². The summed E-state index contributed by atoms with van der Waals surface area (Å²) in [6, 6.07) is 15.9. The molecule has 0 aromatic heterocycles. The van der Waals surface area contributed by atoms with Gasteiger partial charge in [-0.15, -0.1) is 0 Å². The molecule has 0 aliphatic heterocycles. The van der Waals surface area contributed by atoms with E-state index < -0.39 is 21.7 Å². The van der Waals surface area contributed by atoms with Crippen LogP contribution in [0.25, 0.3) is 0 Å². The Balaban J connectivity index is 1.79. The summed E-state index contributed by atoms with van der Waals surface area (Å²) in [5, 5.41) is 2.29. The predicted molar refractivity (Wildman–Crippen MR) is 110 cm³/mol. The van der Waals surface area contributed by atoms with Crippen LogP contribution >= 0.6 is 11.6 Å². The second kappa shape index (κ2) is 8.50. The Morgan fingerprint density at radius 2 is 1.72 bits per heavy atom. The van der Waals surface area contributed by atoms with Crippen LogP contribution in [0.3, 0.4) is 0 Å². The van der Waals surface area contributed by atoms with Gasteiger partial charge in [0.15, 0.2) is 5.82 Å². The van der Waals surface area contributed by atoms with Crippen molar-refractivity contribution in [1.82, 2.24) is 0 Å². The standard InChI is InChI=1S/C20H16ClFN2O4S/c1-28-15-8-10-16(11-9-15)29(26,27)24-14-5-2-4-13(12-14)20(25)23-18-7-3-6-17(21)19(18)22/h2-12,24H,1H3,(H,23,25). The highest BCUT2D eigenvalue weighted by molar-refractivity contribution is 7.92. The van der Waals surface area contributed by atoms with Crippen molar-refractivity contribution in [2.24, 2.45) is 0 Å². The first kappa shape index (κ1) is 20.6. The number of carbonyl (C=O) groups excluding carboxylic acids is 1. The normalized spacial score (nSPS) is 11.0. The van der Waals surface area contributed by atoms with Crippen LogP contribution in [0.4, 0.5) is 15.8 Å². The molecule has 0 unspecified atom stereocenters. The minimum atomic E-state index is -3.87. The topological polar surface area (TPSA) is 84.5 Å².